The van der Waals surface area contributed by atoms with Gasteiger partial charge in [0.15, 0.2) is 0 Å². The normalized spacial score (nSPS) is 11.5. The number of pyridine rings is 1. The average molecular weight is 392 g/mol. The third kappa shape index (κ3) is 3.90. The van der Waals surface area contributed by atoms with E-state index in [2.05, 4.69) is 10.3 Å². The number of amides is 1. The van der Waals surface area contributed by atoms with Gasteiger partial charge < -0.3 is 10.1 Å². The molecule has 0 saturated carbocycles. The molecule has 0 fully saturated rings. The van der Waals surface area contributed by atoms with E-state index in [1.54, 1.807) is 6.92 Å². The maximum Gasteiger partial charge on any atom is 0.416 e. The number of aryl methyl sites for hydroxylation is 1. The van der Waals surface area contributed by atoms with Crippen LogP contribution >= 0.6 is 0 Å². The zero-order valence-electron chi connectivity index (χ0n) is 15.0. The van der Waals surface area contributed by atoms with Gasteiger partial charge in [0, 0.05) is 11.9 Å². The van der Waals surface area contributed by atoms with Crippen molar-refractivity contribution in [2.45, 2.75) is 19.6 Å². The maximum atomic E-state index is 13.0. The molecule has 0 atom stereocenters. The fraction of sp³-hybridized carbons (Fsp3) is 0.200. The van der Waals surface area contributed by atoms with Gasteiger partial charge in [0.05, 0.1) is 18.2 Å². The van der Waals surface area contributed by atoms with E-state index >= 15 is 0 Å². The molecule has 0 saturated heterocycles. The predicted octanol–water partition coefficient (Wildman–Crippen LogP) is 4.64. The molecule has 1 amide bonds. The highest BCUT2D eigenvalue weighted by atomic mass is 19.4. The zero-order chi connectivity index (χ0) is 20.5. The Balaban J connectivity index is 1.96. The van der Waals surface area contributed by atoms with Crippen LogP contribution in [0.2, 0.25) is 0 Å². The lowest BCUT2D eigenvalue weighted by Crippen LogP contribution is -2.24. The highest BCUT2D eigenvalue weighted by molar-refractivity contribution is 6.02. The van der Waals surface area contributed by atoms with E-state index < -0.39 is 17.6 Å². The summed E-state index contributed by atoms with van der Waals surface area (Å²) in [6, 6.07) is 8.80. The molecular weight excluding hydrogens is 376 g/mol. The standard InChI is InChI=1S/C20H16F4N2O2/c1-11-15-8-5-13(20(22,23)24)9-16(15)26-19(28-2)17(11)18(27)25-10-12-3-6-14(21)7-4-12/h3-9H,10H2,1-2H3,(H,25,27). The molecule has 8 heteroatoms. The molecule has 0 aliphatic heterocycles. The summed E-state index contributed by atoms with van der Waals surface area (Å²) < 4.78 is 57.0. The third-order valence-electron chi connectivity index (χ3n) is 4.33. The number of aromatic nitrogens is 1. The minimum absolute atomic E-state index is 0.0686. The lowest BCUT2D eigenvalue weighted by atomic mass is 10.0. The quantitative estimate of drug-likeness (QED) is 0.658. The summed E-state index contributed by atoms with van der Waals surface area (Å²) >= 11 is 0. The molecule has 1 aromatic heterocycles. The molecular formula is C20H16F4N2O2. The van der Waals surface area contributed by atoms with Crippen molar-refractivity contribution in [3.05, 3.63) is 70.5 Å². The Labute approximate surface area is 158 Å². The Morgan fingerprint density at radius 2 is 1.82 bits per heavy atom. The van der Waals surface area contributed by atoms with Crippen LogP contribution in [0.3, 0.4) is 0 Å². The molecule has 4 nitrogen and oxygen atoms in total. The van der Waals surface area contributed by atoms with Crippen molar-refractivity contribution in [2.24, 2.45) is 0 Å². The minimum atomic E-state index is -4.50. The van der Waals surface area contributed by atoms with Gasteiger partial charge in [-0.25, -0.2) is 9.37 Å². The number of carbonyl (C=O) groups is 1. The van der Waals surface area contributed by atoms with Gasteiger partial charge in [-0.05, 0) is 42.3 Å². The molecule has 0 spiro atoms. The highest BCUT2D eigenvalue weighted by Crippen LogP contribution is 2.34. The first-order valence-corrected chi connectivity index (χ1v) is 8.29. The van der Waals surface area contributed by atoms with Gasteiger partial charge in [0.25, 0.3) is 5.91 Å². The average Bonchev–Trinajstić information content (AvgIpc) is 2.66. The Bertz CT molecular complexity index is 1030. The van der Waals surface area contributed by atoms with Crippen LogP contribution in [0.4, 0.5) is 17.6 Å². The van der Waals surface area contributed by atoms with E-state index in [1.165, 1.54) is 37.4 Å². The zero-order valence-corrected chi connectivity index (χ0v) is 15.0. The Morgan fingerprint density at radius 3 is 2.43 bits per heavy atom. The van der Waals surface area contributed by atoms with Crippen molar-refractivity contribution >= 4 is 16.8 Å². The lowest BCUT2D eigenvalue weighted by molar-refractivity contribution is -0.137. The first kappa shape index (κ1) is 19.6. The third-order valence-corrected chi connectivity index (χ3v) is 4.33. The predicted molar refractivity (Wildman–Crippen MR) is 95.6 cm³/mol. The second-order valence-corrected chi connectivity index (χ2v) is 6.16. The maximum absolute atomic E-state index is 13.0. The summed E-state index contributed by atoms with van der Waals surface area (Å²) in [6.07, 6.45) is -4.50. The Kier molecular flexibility index (Phi) is 5.22. The fourth-order valence-electron chi connectivity index (χ4n) is 2.87. The fourth-order valence-corrected chi connectivity index (χ4v) is 2.87. The van der Waals surface area contributed by atoms with E-state index in [0.29, 0.717) is 16.5 Å². The van der Waals surface area contributed by atoms with Crippen LogP contribution in [0.5, 0.6) is 5.88 Å². The second-order valence-electron chi connectivity index (χ2n) is 6.16. The number of hydrogen-bond acceptors (Lipinski definition) is 3. The topological polar surface area (TPSA) is 51.2 Å². The largest absolute Gasteiger partial charge is 0.480 e. The van der Waals surface area contributed by atoms with Crippen molar-refractivity contribution in [1.82, 2.24) is 10.3 Å². The van der Waals surface area contributed by atoms with Crippen LogP contribution in [-0.2, 0) is 12.7 Å². The second kappa shape index (κ2) is 7.46. The number of rotatable bonds is 4. The van der Waals surface area contributed by atoms with Gasteiger partial charge in [0.1, 0.15) is 11.4 Å². The van der Waals surface area contributed by atoms with Gasteiger partial charge >= 0.3 is 6.18 Å². The number of benzene rings is 2. The molecule has 0 aliphatic carbocycles. The summed E-state index contributed by atoms with van der Waals surface area (Å²) in [5.41, 5.74) is 0.528. The number of carbonyl (C=O) groups excluding carboxylic acids is 1. The molecule has 3 rings (SSSR count). The summed E-state index contributed by atoms with van der Waals surface area (Å²) in [7, 11) is 1.29. The van der Waals surface area contributed by atoms with Crippen molar-refractivity contribution < 1.29 is 27.1 Å². The first-order chi connectivity index (χ1) is 13.2. The first-order valence-electron chi connectivity index (χ1n) is 8.29. The van der Waals surface area contributed by atoms with Crippen molar-refractivity contribution in [3.63, 3.8) is 0 Å². The van der Waals surface area contributed by atoms with E-state index in [-0.39, 0.29) is 29.3 Å². The smallest absolute Gasteiger partial charge is 0.416 e. The molecule has 3 aromatic rings. The van der Waals surface area contributed by atoms with Gasteiger partial charge in [-0.2, -0.15) is 13.2 Å². The van der Waals surface area contributed by atoms with Gasteiger partial charge in [-0.3, -0.25) is 4.79 Å². The number of methoxy groups -OCH3 is 1. The van der Waals surface area contributed by atoms with Crippen molar-refractivity contribution in [1.29, 1.82) is 0 Å². The SMILES string of the molecule is COc1nc2cc(C(F)(F)F)ccc2c(C)c1C(=O)NCc1ccc(F)cc1. The Morgan fingerprint density at radius 1 is 1.14 bits per heavy atom. The summed E-state index contributed by atoms with van der Waals surface area (Å²) in [6.45, 7) is 1.76. The van der Waals surface area contributed by atoms with Crippen LogP contribution in [0.25, 0.3) is 10.9 Å². The molecule has 0 radical (unpaired) electrons. The van der Waals surface area contributed by atoms with Crippen molar-refractivity contribution in [3.8, 4) is 5.88 Å². The number of nitrogens with one attached hydrogen (secondary N) is 1. The number of alkyl halides is 3. The number of hydrogen-bond donors (Lipinski definition) is 1. The van der Waals surface area contributed by atoms with E-state index in [4.69, 9.17) is 4.74 Å². The van der Waals surface area contributed by atoms with Crippen LogP contribution in [0.15, 0.2) is 42.5 Å². The van der Waals surface area contributed by atoms with Crippen LogP contribution in [0.1, 0.15) is 27.0 Å². The van der Waals surface area contributed by atoms with Gasteiger partial charge in [0.2, 0.25) is 5.88 Å². The monoisotopic (exact) mass is 392 g/mol. The molecule has 1 heterocycles. The van der Waals surface area contributed by atoms with Crippen LogP contribution in [0, 0.1) is 12.7 Å². The van der Waals surface area contributed by atoms with Gasteiger partial charge in [-0.15, -0.1) is 0 Å². The van der Waals surface area contributed by atoms with Crippen LogP contribution in [-0.4, -0.2) is 18.0 Å². The highest BCUT2D eigenvalue weighted by Gasteiger charge is 2.31. The number of ether oxygens (including phenoxy) is 1. The summed E-state index contributed by atoms with van der Waals surface area (Å²) in [4.78, 5) is 16.8. The molecule has 2 aromatic carbocycles. The van der Waals surface area contributed by atoms with Gasteiger partial charge in [-0.1, -0.05) is 18.2 Å². The summed E-state index contributed by atoms with van der Waals surface area (Å²) in [5, 5.41) is 3.11. The molecule has 0 bridgehead atoms. The minimum Gasteiger partial charge on any atom is -0.480 e. The van der Waals surface area contributed by atoms with E-state index in [0.717, 1.165) is 12.1 Å². The Hall–Kier alpha value is -3.16. The van der Waals surface area contributed by atoms with Crippen LogP contribution < -0.4 is 10.1 Å². The number of fused-ring (bicyclic) bond motifs is 1. The van der Waals surface area contributed by atoms with E-state index in [9.17, 15) is 22.4 Å². The molecule has 0 unspecified atom stereocenters. The molecule has 0 aliphatic rings. The number of nitrogens with zero attached hydrogens (tertiary/aromatic N) is 1. The molecule has 1 N–H and O–H groups in total. The van der Waals surface area contributed by atoms with Crippen molar-refractivity contribution in [2.75, 3.05) is 7.11 Å². The molecule has 146 valence electrons. The molecule has 28 heavy (non-hydrogen) atoms. The number of halogens is 4. The summed E-state index contributed by atoms with van der Waals surface area (Å²) in [5.74, 6) is -0.946. The van der Waals surface area contributed by atoms with E-state index in [1.807, 2.05) is 0 Å². The lowest BCUT2D eigenvalue weighted by Gasteiger charge is -2.15.